The fourth-order valence-electron chi connectivity index (χ4n) is 3.43. The molecule has 1 aromatic heterocycles. The third-order valence-electron chi connectivity index (χ3n) is 4.83. The summed E-state index contributed by atoms with van der Waals surface area (Å²) >= 11 is 0. The zero-order chi connectivity index (χ0) is 15.2. The van der Waals surface area contributed by atoms with Crippen LogP contribution in [0, 0.1) is 0 Å². The predicted molar refractivity (Wildman–Crippen MR) is 86.0 cm³/mol. The molecule has 0 saturated heterocycles. The van der Waals surface area contributed by atoms with Crippen LogP contribution in [0.25, 0.3) is 0 Å². The molecular formula is C16H32N4. The third-order valence-corrected chi connectivity index (χ3v) is 4.83. The first kappa shape index (κ1) is 17.2. The van der Waals surface area contributed by atoms with Crippen molar-refractivity contribution in [1.29, 1.82) is 0 Å². The van der Waals surface area contributed by atoms with Crippen molar-refractivity contribution in [3.63, 3.8) is 0 Å². The molecule has 20 heavy (non-hydrogen) atoms. The summed E-state index contributed by atoms with van der Waals surface area (Å²) < 4.78 is 1.98. The van der Waals surface area contributed by atoms with E-state index in [2.05, 4.69) is 56.2 Å². The summed E-state index contributed by atoms with van der Waals surface area (Å²) in [5.41, 5.74) is 1.54. The minimum atomic E-state index is 0.231. The van der Waals surface area contributed by atoms with Crippen LogP contribution in [0.15, 0.2) is 12.3 Å². The molecule has 0 bridgehead atoms. The van der Waals surface area contributed by atoms with E-state index in [1.54, 1.807) is 0 Å². The van der Waals surface area contributed by atoms with Crippen molar-refractivity contribution in [3.05, 3.63) is 18.0 Å². The van der Waals surface area contributed by atoms with E-state index in [-0.39, 0.29) is 5.54 Å². The molecule has 116 valence electrons. The first-order valence-corrected chi connectivity index (χ1v) is 7.89. The molecule has 0 aliphatic rings. The van der Waals surface area contributed by atoms with E-state index >= 15 is 0 Å². The normalized spacial score (nSPS) is 13.9. The fourth-order valence-corrected chi connectivity index (χ4v) is 3.43. The van der Waals surface area contributed by atoms with Crippen molar-refractivity contribution in [3.8, 4) is 0 Å². The van der Waals surface area contributed by atoms with E-state index in [1.165, 1.54) is 18.5 Å². The summed E-state index contributed by atoms with van der Waals surface area (Å²) in [7, 11) is 6.44. The number of hydrogen-bond acceptors (Lipinski definition) is 3. The summed E-state index contributed by atoms with van der Waals surface area (Å²) in [5, 5.41) is 7.98. The van der Waals surface area contributed by atoms with Crippen molar-refractivity contribution in [2.75, 3.05) is 20.6 Å². The largest absolute Gasteiger partial charge is 0.312 e. The van der Waals surface area contributed by atoms with Crippen molar-refractivity contribution in [2.24, 2.45) is 7.05 Å². The standard InChI is InChI=1S/C16H32N4/c1-7-16(8-2,19(4)5)15(17-9-3)11-10-14-12-13-18-20(14)6/h12-13,15,17H,7-11H2,1-6H3. The van der Waals surface area contributed by atoms with Gasteiger partial charge in [0.1, 0.15) is 0 Å². The number of aryl methyl sites for hydroxylation is 2. The van der Waals surface area contributed by atoms with Crippen LogP contribution in [0.3, 0.4) is 0 Å². The number of nitrogens with zero attached hydrogens (tertiary/aromatic N) is 3. The number of hydrogen-bond donors (Lipinski definition) is 1. The molecule has 0 amide bonds. The van der Waals surface area contributed by atoms with Gasteiger partial charge in [-0.1, -0.05) is 20.8 Å². The minimum Gasteiger partial charge on any atom is -0.312 e. The average molecular weight is 280 g/mol. The molecule has 1 N–H and O–H groups in total. The van der Waals surface area contributed by atoms with Crippen LogP contribution < -0.4 is 5.32 Å². The number of rotatable bonds is 9. The number of aromatic nitrogens is 2. The topological polar surface area (TPSA) is 33.1 Å². The van der Waals surface area contributed by atoms with Crippen LogP contribution in [0.1, 0.15) is 45.7 Å². The van der Waals surface area contributed by atoms with Crippen LogP contribution >= 0.6 is 0 Å². The Kier molecular flexibility index (Phi) is 6.69. The molecule has 0 fully saturated rings. The van der Waals surface area contributed by atoms with Crippen LogP contribution in [0.2, 0.25) is 0 Å². The fraction of sp³-hybridized carbons (Fsp3) is 0.812. The van der Waals surface area contributed by atoms with Gasteiger partial charge in [-0.25, -0.2) is 0 Å². The Morgan fingerprint density at radius 3 is 2.35 bits per heavy atom. The van der Waals surface area contributed by atoms with Crippen LogP contribution in [0.4, 0.5) is 0 Å². The predicted octanol–water partition coefficient (Wildman–Crippen LogP) is 2.45. The lowest BCUT2D eigenvalue weighted by Crippen LogP contribution is -2.58. The van der Waals surface area contributed by atoms with E-state index in [4.69, 9.17) is 0 Å². The summed E-state index contributed by atoms with van der Waals surface area (Å²) in [4.78, 5) is 2.41. The first-order valence-electron chi connectivity index (χ1n) is 7.89. The first-order chi connectivity index (χ1) is 9.51. The van der Waals surface area contributed by atoms with Gasteiger partial charge in [0.15, 0.2) is 0 Å². The summed E-state index contributed by atoms with van der Waals surface area (Å²) in [6, 6.07) is 2.63. The molecular weight excluding hydrogens is 248 g/mol. The monoisotopic (exact) mass is 280 g/mol. The molecule has 0 saturated carbocycles. The third kappa shape index (κ3) is 3.61. The van der Waals surface area contributed by atoms with Crippen molar-refractivity contribution in [1.82, 2.24) is 20.0 Å². The molecule has 0 radical (unpaired) electrons. The van der Waals surface area contributed by atoms with Crippen molar-refractivity contribution >= 4 is 0 Å². The summed E-state index contributed by atoms with van der Waals surface area (Å²) in [5.74, 6) is 0. The second kappa shape index (κ2) is 7.79. The molecule has 0 aliphatic heterocycles. The van der Waals surface area contributed by atoms with Crippen LogP contribution in [-0.2, 0) is 13.5 Å². The van der Waals surface area contributed by atoms with Gasteiger partial charge in [0, 0.05) is 30.5 Å². The molecule has 1 rings (SSSR count). The Hall–Kier alpha value is -0.870. The van der Waals surface area contributed by atoms with Gasteiger partial charge < -0.3 is 10.2 Å². The highest BCUT2D eigenvalue weighted by Crippen LogP contribution is 2.28. The number of likely N-dealkylation sites (N-methyl/N-ethyl adjacent to an activating group) is 2. The van der Waals surface area contributed by atoms with E-state index in [0.717, 1.165) is 19.4 Å². The van der Waals surface area contributed by atoms with Gasteiger partial charge in [0.25, 0.3) is 0 Å². The van der Waals surface area contributed by atoms with Gasteiger partial charge in [-0.3, -0.25) is 4.68 Å². The molecule has 1 unspecified atom stereocenters. The highest BCUT2D eigenvalue weighted by atomic mass is 15.3. The molecule has 0 spiro atoms. The Labute approximate surface area is 124 Å². The second-order valence-electron chi connectivity index (χ2n) is 5.80. The van der Waals surface area contributed by atoms with Crippen molar-refractivity contribution in [2.45, 2.75) is 58.0 Å². The highest BCUT2D eigenvalue weighted by Gasteiger charge is 2.36. The lowest BCUT2D eigenvalue weighted by atomic mass is 9.80. The zero-order valence-corrected chi connectivity index (χ0v) is 14.1. The summed E-state index contributed by atoms with van der Waals surface area (Å²) in [6.07, 6.45) is 6.44. The van der Waals surface area contributed by atoms with Gasteiger partial charge >= 0.3 is 0 Å². The van der Waals surface area contributed by atoms with E-state index < -0.39 is 0 Å². The maximum Gasteiger partial charge on any atom is 0.0492 e. The second-order valence-corrected chi connectivity index (χ2v) is 5.80. The molecule has 1 aromatic rings. The Balaban J connectivity index is 2.83. The maximum absolute atomic E-state index is 4.26. The Bertz CT molecular complexity index is 380. The average Bonchev–Trinajstić information content (AvgIpc) is 2.83. The van der Waals surface area contributed by atoms with Gasteiger partial charge in [-0.05, 0) is 52.4 Å². The smallest absolute Gasteiger partial charge is 0.0492 e. The van der Waals surface area contributed by atoms with Gasteiger partial charge in [0.05, 0.1) is 0 Å². The molecule has 0 aromatic carbocycles. The lowest BCUT2D eigenvalue weighted by molar-refractivity contribution is 0.0847. The quantitative estimate of drug-likeness (QED) is 0.754. The molecule has 1 heterocycles. The maximum atomic E-state index is 4.26. The van der Waals surface area contributed by atoms with Gasteiger partial charge in [-0.2, -0.15) is 5.10 Å². The highest BCUT2D eigenvalue weighted by molar-refractivity contribution is 5.03. The lowest BCUT2D eigenvalue weighted by Gasteiger charge is -2.45. The van der Waals surface area contributed by atoms with E-state index in [0.29, 0.717) is 6.04 Å². The Morgan fingerprint density at radius 1 is 1.30 bits per heavy atom. The molecule has 0 aliphatic carbocycles. The molecule has 4 heteroatoms. The van der Waals surface area contributed by atoms with Crippen LogP contribution in [-0.4, -0.2) is 46.9 Å². The molecule has 4 nitrogen and oxygen atoms in total. The van der Waals surface area contributed by atoms with Gasteiger partial charge in [-0.15, -0.1) is 0 Å². The minimum absolute atomic E-state index is 0.231. The SMILES string of the molecule is CCNC(CCc1ccnn1C)C(CC)(CC)N(C)C. The van der Waals surface area contributed by atoms with Crippen molar-refractivity contribution < 1.29 is 0 Å². The van der Waals surface area contributed by atoms with E-state index in [9.17, 15) is 0 Å². The van der Waals surface area contributed by atoms with Crippen LogP contribution in [0.5, 0.6) is 0 Å². The zero-order valence-electron chi connectivity index (χ0n) is 14.1. The number of nitrogens with one attached hydrogen (secondary N) is 1. The molecule has 1 atom stereocenters. The van der Waals surface area contributed by atoms with E-state index in [1.807, 2.05) is 17.9 Å². The Morgan fingerprint density at radius 2 is 1.95 bits per heavy atom. The summed E-state index contributed by atoms with van der Waals surface area (Å²) in [6.45, 7) is 7.82. The van der Waals surface area contributed by atoms with Gasteiger partial charge in [0.2, 0.25) is 0 Å².